The zero-order valence-electron chi connectivity index (χ0n) is 12.4. The fourth-order valence-corrected chi connectivity index (χ4v) is 0.723. The number of nitriles is 1. The summed E-state index contributed by atoms with van der Waals surface area (Å²) in [4.78, 5) is 9.82. The van der Waals surface area contributed by atoms with Crippen LogP contribution in [-0.4, -0.2) is 5.91 Å². The van der Waals surface area contributed by atoms with Crippen molar-refractivity contribution in [2.75, 3.05) is 0 Å². The number of carbonyl (C=O) groups is 1. The van der Waals surface area contributed by atoms with Gasteiger partial charge < -0.3 is 5.73 Å². The van der Waals surface area contributed by atoms with Crippen molar-refractivity contribution in [2.24, 2.45) is 5.73 Å². The Morgan fingerprint density at radius 3 is 1.60 bits per heavy atom. The van der Waals surface area contributed by atoms with E-state index in [4.69, 9.17) is 11.0 Å². The molecule has 0 atom stereocenters. The van der Waals surface area contributed by atoms with Crippen LogP contribution in [0.1, 0.15) is 26.3 Å². The molecule has 0 aliphatic rings. The zero-order chi connectivity index (χ0) is 16.1. The van der Waals surface area contributed by atoms with E-state index in [1.165, 1.54) is 5.56 Å². The fraction of sp³-hybridized carbons (Fsp3) is 0.176. The van der Waals surface area contributed by atoms with Crippen LogP contribution < -0.4 is 5.73 Å². The number of primary amides is 1. The van der Waals surface area contributed by atoms with Gasteiger partial charge in [-0.25, -0.2) is 0 Å². The predicted molar refractivity (Wildman–Crippen MR) is 85.6 cm³/mol. The van der Waals surface area contributed by atoms with Gasteiger partial charge in [-0.05, 0) is 26.3 Å². The lowest BCUT2D eigenvalue weighted by Gasteiger charge is -1.94. The van der Waals surface area contributed by atoms with Crippen LogP contribution >= 0.6 is 0 Å². The Labute approximate surface area is 121 Å². The molecule has 1 aromatic carbocycles. The highest BCUT2D eigenvalue weighted by Gasteiger charge is 1.87. The van der Waals surface area contributed by atoms with Crippen LogP contribution in [0.4, 0.5) is 0 Å². The van der Waals surface area contributed by atoms with Crippen molar-refractivity contribution < 1.29 is 4.79 Å². The average molecular weight is 270 g/mol. The van der Waals surface area contributed by atoms with E-state index in [1.54, 1.807) is 13.8 Å². The van der Waals surface area contributed by atoms with Gasteiger partial charge in [0.25, 0.3) is 0 Å². The summed E-state index contributed by atoms with van der Waals surface area (Å²) in [7, 11) is 0. The summed E-state index contributed by atoms with van der Waals surface area (Å²) >= 11 is 0. The number of nitrogens with zero attached hydrogens (tertiary/aromatic N) is 1. The first kappa shape index (κ1) is 19.7. The fourth-order valence-electron chi connectivity index (χ4n) is 0.723. The molecule has 3 nitrogen and oxygen atoms in total. The van der Waals surface area contributed by atoms with Crippen molar-refractivity contribution in [3.63, 3.8) is 0 Å². The Bertz CT molecular complexity index is 496. The van der Waals surface area contributed by atoms with Gasteiger partial charge in [0.15, 0.2) is 0 Å². The largest absolute Gasteiger partial charge is 0.366 e. The van der Waals surface area contributed by atoms with Gasteiger partial charge in [0, 0.05) is 11.1 Å². The van der Waals surface area contributed by atoms with Gasteiger partial charge in [0.05, 0.1) is 6.07 Å². The summed E-state index contributed by atoms with van der Waals surface area (Å²) in [5.41, 5.74) is 8.00. The van der Waals surface area contributed by atoms with Gasteiger partial charge in [-0.3, -0.25) is 4.79 Å². The van der Waals surface area contributed by atoms with Crippen molar-refractivity contribution in [3.8, 4) is 6.07 Å². The predicted octanol–water partition coefficient (Wildman–Crippen LogP) is 3.85. The number of amides is 1. The Balaban J connectivity index is 0. The molecule has 0 spiro atoms. The molecule has 0 aliphatic carbocycles. The summed E-state index contributed by atoms with van der Waals surface area (Å²) in [5.74, 6) is -0.435. The average Bonchev–Trinajstić information content (AvgIpc) is 2.41. The van der Waals surface area contributed by atoms with Crippen LogP contribution in [0.25, 0.3) is 5.57 Å². The standard InChI is InChI=1S/C9H10.C4H7NO.C4H5N/c1-8(2)9-6-4-3-5-7-9;1-3(2)4(5)6;1-4(2)3-5/h3-7H,1H2,2H3;1H2,2H3,(H2,5,6);1H2,2H3. The van der Waals surface area contributed by atoms with E-state index in [2.05, 4.69) is 31.9 Å². The third-order valence-electron chi connectivity index (χ3n) is 1.88. The van der Waals surface area contributed by atoms with Crippen molar-refractivity contribution in [1.82, 2.24) is 0 Å². The summed E-state index contributed by atoms with van der Waals surface area (Å²) in [6, 6.07) is 12.0. The third kappa shape index (κ3) is 13.5. The van der Waals surface area contributed by atoms with Crippen molar-refractivity contribution in [1.29, 1.82) is 5.26 Å². The number of hydrogen-bond donors (Lipinski definition) is 1. The van der Waals surface area contributed by atoms with Crippen LogP contribution in [-0.2, 0) is 4.79 Å². The van der Waals surface area contributed by atoms with Gasteiger partial charge in [0.2, 0.25) is 5.91 Å². The lowest BCUT2D eigenvalue weighted by Crippen LogP contribution is -2.10. The van der Waals surface area contributed by atoms with E-state index in [1.807, 2.05) is 31.2 Å². The number of allylic oxidation sites excluding steroid dienone is 2. The Kier molecular flexibility index (Phi) is 11.3. The summed E-state index contributed by atoms with van der Waals surface area (Å²) in [6.07, 6.45) is 0. The van der Waals surface area contributed by atoms with Gasteiger partial charge in [-0.1, -0.05) is 55.6 Å². The van der Waals surface area contributed by atoms with Crippen LogP contribution in [0.2, 0.25) is 0 Å². The topological polar surface area (TPSA) is 66.9 Å². The monoisotopic (exact) mass is 270 g/mol. The van der Waals surface area contributed by atoms with Gasteiger partial charge in [0.1, 0.15) is 0 Å². The highest BCUT2D eigenvalue weighted by atomic mass is 16.1. The van der Waals surface area contributed by atoms with E-state index in [-0.39, 0.29) is 0 Å². The summed E-state index contributed by atoms with van der Waals surface area (Å²) < 4.78 is 0. The SMILES string of the molecule is C=C(C)C#N.C=C(C)C(N)=O.C=C(C)c1ccccc1. The van der Waals surface area contributed by atoms with Crippen LogP contribution in [0.3, 0.4) is 0 Å². The van der Waals surface area contributed by atoms with E-state index >= 15 is 0 Å². The summed E-state index contributed by atoms with van der Waals surface area (Å²) in [5, 5.41) is 7.79. The number of benzene rings is 1. The first-order valence-electron chi connectivity index (χ1n) is 5.94. The smallest absolute Gasteiger partial charge is 0.243 e. The molecule has 0 aliphatic heterocycles. The Hall–Kier alpha value is -2.60. The molecule has 0 heterocycles. The number of nitrogens with two attached hydrogens (primary N) is 1. The first-order chi connectivity index (χ1) is 9.22. The Morgan fingerprint density at radius 1 is 1.10 bits per heavy atom. The highest BCUT2D eigenvalue weighted by Crippen LogP contribution is 2.08. The van der Waals surface area contributed by atoms with E-state index < -0.39 is 5.91 Å². The second-order valence-electron chi connectivity index (χ2n) is 4.18. The zero-order valence-corrected chi connectivity index (χ0v) is 12.4. The van der Waals surface area contributed by atoms with Gasteiger partial charge in [-0.2, -0.15) is 5.26 Å². The molecule has 0 unspecified atom stereocenters. The van der Waals surface area contributed by atoms with Gasteiger partial charge in [-0.15, -0.1) is 0 Å². The second kappa shape index (κ2) is 11.5. The minimum absolute atomic E-state index is 0.398. The van der Waals surface area contributed by atoms with E-state index in [0.29, 0.717) is 11.1 Å². The molecular formula is C17H22N2O. The molecule has 1 rings (SSSR count). The maximum absolute atomic E-state index is 9.82. The lowest BCUT2D eigenvalue weighted by atomic mass is 10.1. The maximum atomic E-state index is 9.82. The molecule has 1 aromatic rings. The molecule has 20 heavy (non-hydrogen) atoms. The first-order valence-corrected chi connectivity index (χ1v) is 5.94. The number of hydrogen-bond acceptors (Lipinski definition) is 2. The van der Waals surface area contributed by atoms with E-state index in [9.17, 15) is 4.79 Å². The molecule has 106 valence electrons. The molecule has 3 heteroatoms. The minimum atomic E-state index is -0.435. The molecule has 0 bridgehead atoms. The number of carbonyl (C=O) groups excluding carboxylic acids is 1. The molecule has 2 N–H and O–H groups in total. The van der Waals surface area contributed by atoms with Crippen molar-refractivity contribution in [2.45, 2.75) is 20.8 Å². The maximum Gasteiger partial charge on any atom is 0.243 e. The minimum Gasteiger partial charge on any atom is -0.366 e. The molecular weight excluding hydrogens is 248 g/mol. The van der Waals surface area contributed by atoms with Crippen LogP contribution in [0.15, 0.2) is 61.2 Å². The lowest BCUT2D eigenvalue weighted by molar-refractivity contribution is -0.114. The molecule has 1 amide bonds. The highest BCUT2D eigenvalue weighted by molar-refractivity contribution is 5.90. The quantitative estimate of drug-likeness (QED) is 0.655. The third-order valence-corrected chi connectivity index (χ3v) is 1.88. The van der Waals surface area contributed by atoms with E-state index in [0.717, 1.165) is 5.57 Å². The second-order valence-corrected chi connectivity index (χ2v) is 4.18. The molecule has 0 saturated carbocycles. The van der Waals surface area contributed by atoms with Crippen molar-refractivity contribution >= 4 is 11.5 Å². The van der Waals surface area contributed by atoms with Crippen LogP contribution in [0, 0.1) is 11.3 Å². The molecule has 0 saturated heterocycles. The normalized spacial score (nSPS) is 7.70. The van der Waals surface area contributed by atoms with Gasteiger partial charge >= 0.3 is 0 Å². The summed E-state index contributed by atoms with van der Waals surface area (Å²) in [6.45, 7) is 15.7. The number of rotatable bonds is 2. The molecule has 0 fully saturated rings. The molecule has 0 aromatic heterocycles. The molecule has 0 radical (unpaired) electrons. The van der Waals surface area contributed by atoms with Crippen LogP contribution in [0.5, 0.6) is 0 Å². The Morgan fingerprint density at radius 2 is 1.45 bits per heavy atom. The van der Waals surface area contributed by atoms with Crippen molar-refractivity contribution in [3.05, 3.63) is 66.8 Å².